The van der Waals surface area contributed by atoms with E-state index in [1.807, 2.05) is 23.3 Å². The minimum Gasteiger partial charge on any atom is -0.314 e. The van der Waals surface area contributed by atoms with Crippen molar-refractivity contribution in [3.8, 4) is 10.4 Å². The van der Waals surface area contributed by atoms with Crippen LogP contribution in [0, 0.1) is 0 Å². The average Bonchev–Trinajstić information content (AvgIpc) is 3.06. The number of rotatable bonds is 1. The van der Waals surface area contributed by atoms with E-state index in [-0.39, 0.29) is 5.91 Å². The molecule has 25 heavy (non-hydrogen) atoms. The molecule has 1 aliphatic rings. The topological polar surface area (TPSA) is 20.3 Å². The van der Waals surface area contributed by atoms with E-state index in [1.165, 1.54) is 60.3 Å². The molecule has 134 valence electrons. The molecule has 0 spiro atoms. The lowest BCUT2D eigenvalue weighted by Gasteiger charge is -2.18. The third kappa shape index (κ3) is 4.94. The van der Waals surface area contributed by atoms with Gasteiger partial charge in [-0.1, -0.05) is 68.9 Å². The van der Waals surface area contributed by atoms with Crippen LogP contribution in [0.1, 0.15) is 62.7 Å². The van der Waals surface area contributed by atoms with E-state index >= 15 is 0 Å². The Kier molecular flexibility index (Phi) is 6.69. The number of amides is 1. The van der Waals surface area contributed by atoms with Gasteiger partial charge in [0.25, 0.3) is 0 Å². The van der Waals surface area contributed by atoms with Crippen molar-refractivity contribution < 1.29 is 4.79 Å². The normalized spacial score (nSPS) is 17.8. The number of carbonyl (C=O) groups excluding carboxylic acids is 1. The van der Waals surface area contributed by atoms with Crippen LogP contribution in [0.2, 0.25) is 0 Å². The third-order valence-corrected chi connectivity index (χ3v) is 6.36. The Morgan fingerprint density at radius 3 is 2.12 bits per heavy atom. The molecule has 1 aromatic carbocycles. The van der Waals surface area contributed by atoms with Gasteiger partial charge in [0.05, 0.1) is 5.69 Å². The van der Waals surface area contributed by atoms with Crippen LogP contribution in [0.15, 0.2) is 36.4 Å². The molecule has 1 aliphatic heterocycles. The second-order valence-corrected chi connectivity index (χ2v) is 8.20. The molecule has 3 rings (SSSR count). The second-order valence-electron chi connectivity index (χ2n) is 7.07. The first-order valence-corrected chi connectivity index (χ1v) is 10.5. The summed E-state index contributed by atoms with van der Waals surface area (Å²) in [5, 5.41) is 0. The highest BCUT2D eigenvalue weighted by atomic mass is 32.1. The van der Waals surface area contributed by atoms with E-state index in [2.05, 4.69) is 36.4 Å². The molecule has 0 aliphatic carbocycles. The predicted molar refractivity (Wildman–Crippen MR) is 108 cm³/mol. The van der Waals surface area contributed by atoms with Crippen molar-refractivity contribution in [2.45, 2.75) is 64.2 Å². The minimum absolute atomic E-state index is 0.260. The quantitative estimate of drug-likeness (QED) is 0.576. The van der Waals surface area contributed by atoms with E-state index in [9.17, 15) is 4.79 Å². The first-order valence-electron chi connectivity index (χ1n) is 9.70. The van der Waals surface area contributed by atoms with Gasteiger partial charge in [0.1, 0.15) is 0 Å². The van der Waals surface area contributed by atoms with Crippen LogP contribution in [0.25, 0.3) is 10.4 Å². The molecule has 0 saturated heterocycles. The second kappa shape index (κ2) is 9.19. The molecule has 3 heteroatoms. The van der Waals surface area contributed by atoms with Crippen molar-refractivity contribution in [3.63, 3.8) is 0 Å². The van der Waals surface area contributed by atoms with Crippen LogP contribution in [0.5, 0.6) is 0 Å². The smallest absolute Gasteiger partial charge is 0.226 e. The van der Waals surface area contributed by atoms with Gasteiger partial charge in [-0.15, -0.1) is 11.3 Å². The highest BCUT2D eigenvalue weighted by molar-refractivity contribution is 7.16. The van der Waals surface area contributed by atoms with Gasteiger partial charge in [0, 0.05) is 23.2 Å². The molecule has 0 fully saturated rings. The fraction of sp³-hybridized carbons (Fsp3) is 0.500. The number of anilines is 1. The van der Waals surface area contributed by atoms with Crippen LogP contribution in [-0.2, 0) is 11.2 Å². The number of carbonyl (C=O) groups is 1. The number of benzene rings is 1. The monoisotopic (exact) mass is 355 g/mol. The molecule has 0 radical (unpaired) electrons. The van der Waals surface area contributed by atoms with Gasteiger partial charge in [0.2, 0.25) is 5.91 Å². The number of nitrogens with zero attached hydrogens (tertiary/aromatic N) is 1. The first-order chi connectivity index (χ1) is 12.3. The van der Waals surface area contributed by atoms with Crippen LogP contribution >= 0.6 is 11.3 Å². The van der Waals surface area contributed by atoms with Gasteiger partial charge in [-0.2, -0.15) is 0 Å². The van der Waals surface area contributed by atoms with E-state index in [4.69, 9.17) is 0 Å². The highest BCUT2D eigenvalue weighted by Crippen LogP contribution is 2.38. The van der Waals surface area contributed by atoms with Gasteiger partial charge in [-0.3, -0.25) is 4.79 Å². The van der Waals surface area contributed by atoms with Crippen molar-refractivity contribution in [3.05, 3.63) is 41.3 Å². The Hall–Kier alpha value is -1.61. The van der Waals surface area contributed by atoms with Crippen LogP contribution in [0.3, 0.4) is 0 Å². The van der Waals surface area contributed by atoms with E-state index in [1.54, 1.807) is 0 Å². The number of fused-ring (bicyclic) bond motifs is 1. The van der Waals surface area contributed by atoms with Crippen molar-refractivity contribution in [1.82, 2.24) is 0 Å². The Bertz CT molecular complexity index is 677. The van der Waals surface area contributed by atoms with Gasteiger partial charge in [-0.25, -0.2) is 0 Å². The summed E-state index contributed by atoms with van der Waals surface area (Å²) in [5.74, 6) is 0.260. The zero-order valence-electron chi connectivity index (χ0n) is 15.3. The maximum absolute atomic E-state index is 12.6. The average molecular weight is 356 g/mol. The van der Waals surface area contributed by atoms with Crippen molar-refractivity contribution in [2.75, 3.05) is 11.9 Å². The first kappa shape index (κ1) is 18.2. The fourth-order valence-electron chi connectivity index (χ4n) is 3.55. The maximum atomic E-state index is 12.6. The van der Waals surface area contributed by atoms with Crippen LogP contribution < -0.4 is 4.90 Å². The van der Waals surface area contributed by atoms with E-state index < -0.39 is 0 Å². The van der Waals surface area contributed by atoms with Gasteiger partial charge < -0.3 is 4.90 Å². The number of hydrogen-bond acceptors (Lipinski definition) is 2. The summed E-state index contributed by atoms with van der Waals surface area (Å²) in [6.07, 6.45) is 11.8. The van der Waals surface area contributed by atoms with E-state index in [0.29, 0.717) is 6.42 Å². The molecule has 0 saturated carbocycles. The Labute approximate surface area is 155 Å². The van der Waals surface area contributed by atoms with Crippen LogP contribution in [0.4, 0.5) is 5.69 Å². The summed E-state index contributed by atoms with van der Waals surface area (Å²) in [6, 6.07) is 12.8. The maximum Gasteiger partial charge on any atom is 0.226 e. The molecule has 2 nitrogen and oxygen atoms in total. The molecular formula is C22H29NOS. The molecule has 1 amide bonds. The molecule has 2 heterocycles. The summed E-state index contributed by atoms with van der Waals surface area (Å²) in [6.45, 7) is 0. The van der Waals surface area contributed by atoms with E-state index in [0.717, 1.165) is 18.5 Å². The zero-order valence-corrected chi connectivity index (χ0v) is 16.1. The molecule has 1 aromatic heterocycles. The highest BCUT2D eigenvalue weighted by Gasteiger charge is 2.18. The predicted octanol–water partition coefficient (Wildman–Crippen LogP) is 6.44. The van der Waals surface area contributed by atoms with Crippen molar-refractivity contribution in [2.24, 2.45) is 0 Å². The molecule has 0 N–H and O–H groups in total. The summed E-state index contributed by atoms with van der Waals surface area (Å²) >= 11 is 1.86. The lowest BCUT2D eigenvalue weighted by atomic mass is 10.0. The minimum atomic E-state index is 0.260. The Morgan fingerprint density at radius 1 is 0.840 bits per heavy atom. The summed E-state index contributed by atoms with van der Waals surface area (Å²) in [7, 11) is 1.95. The molecule has 0 atom stereocenters. The molecule has 2 aromatic rings. The Morgan fingerprint density at radius 2 is 1.44 bits per heavy atom. The molecule has 0 unspecified atom stereocenters. The number of aryl methyl sites for hydroxylation is 1. The van der Waals surface area contributed by atoms with Crippen molar-refractivity contribution in [1.29, 1.82) is 0 Å². The zero-order chi connectivity index (χ0) is 17.5. The molecular weight excluding hydrogens is 326 g/mol. The van der Waals surface area contributed by atoms with Crippen molar-refractivity contribution >= 4 is 22.9 Å². The fourth-order valence-corrected chi connectivity index (χ4v) is 4.79. The summed E-state index contributed by atoms with van der Waals surface area (Å²) in [4.78, 5) is 17.2. The molecule has 0 bridgehead atoms. The van der Waals surface area contributed by atoms with Gasteiger partial charge in [-0.05, 0) is 30.9 Å². The summed E-state index contributed by atoms with van der Waals surface area (Å²) < 4.78 is 0. The SMILES string of the molecule is CN1C(=O)CCCCCCCCCCc2sc(-c3ccccc3)cc21. The Balaban J connectivity index is 1.85. The lowest BCUT2D eigenvalue weighted by Crippen LogP contribution is -2.26. The standard InChI is InChI=1S/C22H29NOS/c1-23-19-17-21(18-13-9-8-10-14-18)25-20(19)15-11-6-4-2-3-5-7-12-16-22(23)24/h8-10,13-14,17H,2-7,11-12,15-16H2,1H3. The van der Waals surface area contributed by atoms with Gasteiger partial charge >= 0.3 is 0 Å². The lowest BCUT2D eigenvalue weighted by molar-refractivity contribution is -0.118. The number of thiophene rings is 1. The number of hydrogen-bond donors (Lipinski definition) is 0. The van der Waals surface area contributed by atoms with Gasteiger partial charge in [0.15, 0.2) is 0 Å². The largest absolute Gasteiger partial charge is 0.314 e. The summed E-state index contributed by atoms with van der Waals surface area (Å²) in [5.41, 5.74) is 2.38. The van der Waals surface area contributed by atoms with Crippen LogP contribution in [-0.4, -0.2) is 13.0 Å². The third-order valence-electron chi connectivity index (χ3n) is 5.12.